The summed E-state index contributed by atoms with van der Waals surface area (Å²) in [7, 11) is 0. The Balaban J connectivity index is 0.00000288. The molecule has 0 saturated carbocycles. The molecule has 1 aliphatic rings. The third-order valence-electron chi connectivity index (χ3n) is 4.17. The van der Waals surface area contributed by atoms with E-state index in [4.69, 9.17) is 5.73 Å². The highest BCUT2D eigenvalue weighted by molar-refractivity contribution is 5.87. The molecule has 1 amide bonds. The molecule has 0 spiro atoms. The lowest BCUT2D eigenvalue weighted by Gasteiger charge is -2.34. The Morgan fingerprint density at radius 3 is 2.29 bits per heavy atom. The fraction of sp³-hybridized carbons (Fsp3) is 0.562. The van der Waals surface area contributed by atoms with Gasteiger partial charge in [-0.1, -0.05) is 30.3 Å². The van der Waals surface area contributed by atoms with E-state index in [0.29, 0.717) is 31.5 Å². The predicted molar refractivity (Wildman–Crippen MR) is 88.9 cm³/mol. The maximum atomic E-state index is 12.4. The molecule has 0 radical (unpaired) electrons. The van der Waals surface area contributed by atoms with Gasteiger partial charge in [0, 0.05) is 19.1 Å². The molecule has 0 bridgehead atoms. The number of hydrogen-bond donors (Lipinski definition) is 2. The van der Waals surface area contributed by atoms with E-state index < -0.39 is 18.3 Å². The normalized spacial score (nSPS) is 19.2. The van der Waals surface area contributed by atoms with Gasteiger partial charge in [-0.3, -0.25) is 9.69 Å². The molecule has 1 aromatic rings. The first-order valence-electron chi connectivity index (χ1n) is 7.63. The SMILES string of the molecule is CC(N)(C(=O)NC1CCN(CC(F)(F)F)CC1)c1ccccc1.Cl. The monoisotopic (exact) mass is 365 g/mol. The summed E-state index contributed by atoms with van der Waals surface area (Å²) in [6, 6.07) is 8.89. The number of likely N-dealkylation sites (tertiary alicyclic amines) is 1. The number of halogens is 4. The molecule has 3 N–H and O–H groups in total. The summed E-state index contributed by atoms with van der Waals surface area (Å²) < 4.78 is 37.1. The molecule has 1 unspecified atom stereocenters. The Morgan fingerprint density at radius 1 is 1.25 bits per heavy atom. The molecule has 24 heavy (non-hydrogen) atoms. The van der Waals surface area contributed by atoms with Crippen molar-refractivity contribution in [2.45, 2.75) is 37.5 Å². The van der Waals surface area contributed by atoms with Gasteiger partial charge in [0.1, 0.15) is 5.54 Å². The fourth-order valence-corrected chi connectivity index (χ4v) is 2.74. The van der Waals surface area contributed by atoms with Crippen LogP contribution in [0.15, 0.2) is 30.3 Å². The largest absolute Gasteiger partial charge is 0.401 e. The minimum atomic E-state index is -4.18. The van der Waals surface area contributed by atoms with Gasteiger partial charge in [0.25, 0.3) is 0 Å². The summed E-state index contributed by atoms with van der Waals surface area (Å²) in [6.45, 7) is 1.37. The van der Waals surface area contributed by atoms with Crippen molar-refractivity contribution in [1.82, 2.24) is 10.2 Å². The van der Waals surface area contributed by atoms with E-state index in [2.05, 4.69) is 5.32 Å². The molecule has 1 aromatic carbocycles. The molecule has 8 heteroatoms. The van der Waals surface area contributed by atoms with Crippen LogP contribution in [0.25, 0.3) is 0 Å². The number of nitrogens with two attached hydrogens (primary N) is 1. The van der Waals surface area contributed by atoms with Crippen LogP contribution in [0.5, 0.6) is 0 Å². The molecule has 1 saturated heterocycles. The van der Waals surface area contributed by atoms with E-state index in [0.717, 1.165) is 0 Å². The molecular weight excluding hydrogens is 343 g/mol. The Morgan fingerprint density at radius 2 is 1.79 bits per heavy atom. The van der Waals surface area contributed by atoms with Gasteiger partial charge in [-0.05, 0) is 25.3 Å². The van der Waals surface area contributed by atoms with E-state index in [9.17, 15) is 18.0 Å². The summed E-state index contributed by atoms with van der Waals surface area (Å²) in [6.07, 6.45) is -3.20. The molecule has 1 atom stereocenters. The van der Waals surface area contributed by atoms with Crippen molar-refractivity contribution in [1.29, 1.82) is 0 Å². The standard InChI is InChI=1S/C16H22F3N3O.ClH/c1-15(20,12-5-3-2-4-6-12)14(23)21-13-7-9-22(10-8-13)11-16(17,18)19;/h2-6,13H,7-11,20H2,1H3,(H,21,23);1H. The number of hydrogen-bond acceptors (Lipinski definition) is 3. The fourth-order valence-electron chi connectivity index (χ4n) is 2.74. The van der Waals surface area contributed by atoms with Gasteiger partial charge in [-0.2, -0.15) is 13.2 Å². The predicted octanol–water partition coefficient (Wildman–Crippen LogP) is 2.43. The topological polar surface area (TPSA) is 58.4 Å². The van der Waals surface area contributed by atoms with Gasteiger partial charge in [0.15, 0.2) is 0 Å². The van der Waals surface area contributed by atoms with Gasteiger partial charge < -0.3 is 11.1 Å². The van der Waals surface area contributed by atoms with Gasteiger partial charge >= 0.3 is 6.18 Å². The molecule has 1 heterocycles. The van der Waals surface area contributed by atoms with Crippen LogP contribution in [0.4, 0.5) is 13.2 Å². The highest BCUT2D eigenvalue weighted by Crippen LogP contribution is 2.21. The molecule has 0 aromatic heterocycles. The summed E-state index contributed by atoms with van der Waals surface area (Å²) in [5, 5.41) is 2.87. The Labute approximate surface area is 146 Å². The molecule has 1 aliphatic heterocycles. The van der Waals surface area contributed by atoms with Gasteiger partial charge in [-0.25, -0.2) is 0 Å². The Hall–Kier alpha value is -1.31. The molecule has 4 nitrogen and oxygen atoms in total. The second kappa shape index (κ2) is 8.18. The number of amides is 1. The maximum Gasteiger partial charge on any atom is 0.401 e. The zero-order chi connectivity index (χ0) is 17.1. The van der Waals surface area contributed by atoms with Crippen LogP contribution in [0.1, 0.15) is 25.3 Å². The van der Waals surface area contributed by atoms with Crippen LogP contribution in [-0.2, 0) is 10.3 Å². The Bertz CT molecular complexity index is 529. The lowest BCUT2D eigenvalue weighted by atomic mass is 9.91. The number of carbonyl (C=O) groups excluding carboxylic acids is 1. The van der Waals surface area contributed by atoms with Crippen molar-refractivity contribution in [3.05, 3.63) is 35.9 Å². The number of nitrogens with one attached hydrogen (secondary N) is 1. The second-order valence-electron chi connectivity index (χ2n) is 6.21. The lowest BCUT2D eigenvalue weighted by Crippen LogP contribution is -2.54. The van der Waals surface area contributed by atoms with Gasteiger partial charge in [-0.15, -0.1) is 12.4 Å². The van der Waals surface area contributed by atoms with Crippen molar-refractivity contribution in [3.63, 3.8) is 0 Å². The summed E-state index contributed by atoms with van der Waals surface area (Å²) in [5.41, 5.74) is 5.68. The van der Waals surface area contributed by atoms with Crippen LogP contribution < -0.4 is 11.1 Å². The molecule has 136 valence electrons. The van der Waals surface area contributed by atoms with Crippen molar-refractivity contribution in [2.75, 3.05) is 19.6 Å². The average molecular weight is 366 g/mol. The minimum Gasteiger partial charge on any atom is -0.351 e. The van der Waals surface area contributed by atoms with Crippen molar-refractivity contribution in [2.24, 2.45) is 5.73 Å². The van der Waals surface area contributed by atoms with Gasteiger partial charge in [0.05, 0.1) is 6.54 Å². The second-order valence-corrected chi connectivity index (χ2v) is 6.21. The highest BCUT2D eigenvalue weighted by atomic mass is 35.5. The minimum absolute atomic E-state index is 0. The van der Waals surface area contributed by atoms with Crippen molar-refractivity contribution < 1.29 is 18.0 Å². The lowest BCUT2D eigenvalue weighted by molar-refractivity contribution is -0.148. The quantitative estimate of drug-likeness (QED) is 0.861. The van der Waals surface area contributed by atoms with E-state index >= 15 is 0 Å². The first-order valence-corrected chi connectivity index (χ1v) is 7.63. The average Bonchev–Trinajstić information content (AvgIpc) is 2.48. The number of alkyl halides is 3. The third-order valence-corrected chi connectivity index (χ3v) is 4.17. The molecular formula is C16H23ClF3N3O. The summed E-state index contributed by atoms with van der Waals surface area (Å²) in [5.74, 6) is -0.307. The maximum absolute atomic E-state index is 12.4. The molecule has 2 rings (SSSR count). The van der Waals surface area contributed by atoms with Crippen LogP contribution >= 0.6 is 12.4 Å². The molecule has 0 aliphatic carbocycles. The highest BCUT2D eigenvalue weighted by Gasteiger charge is 2.35. The van der Waals surface area contributed by atoms with E-state index in [-0.39, 0.29) is 24.4 Å². The summed E-state index contributed by atoms with van der Waals surface area (Å²) >= 11 is 0. The number of piperidine rings is 1. The number of carbonyl (C=O) groups is 1. The zero-order valence-electron chi connectivity index (χ0n) is 13.5. The number of rotatable bonds is 4. The van der Waals surface area contributed by atoms with Crippen LogP contribution in [0, 0.1) is 0 Å². The number of benzene rings is 1. The summed E-state index contributed by atoms with van der Waals surface area (Å²) in [4.78, 5) is 13.8. The smallest absolute Gasteiger partial charge is 0.351 e. The molecule has 1 fully saturated rings. The first-order chi connectivity index (χ1) is 10.7. The van der Waals surface area contributed by atoms with Crippen molar-refractivity contribution in [3.8, 4) is 0 Å². The van der Waals surface area contributed by atoms with Crippen LogP contribution in [-0.4, -0.2) is 42.7 Å². The first kappa shape index (κ1) is 20.7. The third kappa shape index (κ3) is 5.65. The van der Waals surface area contributed by atoms with Gasteiger partial charge in [0.2, 0.25) is 5.91 Å². The van der Waals surface area contributed by atoms with Crippen molar-refractivity contribution >= 4 is 18.3 Å². The number of nitrogens with zero attached hydrogens (tertiary/aromatic N) is 1. The van der Waals surface area contributed by atoms with E-state index in [1.165, 1.54) is 4.90 Å². The zero-order valence-corrected chi connectivity index (χ0v) is 14.3. The Kier molecular flexibility index (Phi) is 7.07. The van der Waals surface area contributed by atoms with Crippen LogP contribution in [0.2, 0.25) is 0 Å². The van der Waals surface area contributed by atoms with Crippen LogP contribution in [0.3, 0.4) is 0 Å². The van der Waals surface area contributed by atoms with E-state index in [1.807, 2.05) is 18.2 Å². The van der Waals surface area contributed by atoms with E-state index in [1.54, 1.807) is 19.1 Å².